The minimum atomic E-state index is -4.62. The second kappa shape index (κ2) is 2.24. The smallest absolute Gasteiger partial charge is 0.401 e. The molecule has 5 heteroatoms. The maximum Gasteiger partial charge on any atom is 0.401 e. The Bertz CT molecular complexity index is 117. The second-order valence-corrected chi connectivity index (χ2v) is 1.60. The highest BCUT2D eigenvalue weighted by atomic mass is 19.4. The average molecular weight is 142 g/mol. The second-order valence-electron chi connectivity index (χ2n) is 1.60. The molecule has 0 saturated heterocycles. The summed E-state index contributed by atoms with van der Waals surface area (Å²) in [6.45, 7) is 0.600. The lowest BCUT2D eigenvalue weighted by atomic mass is 10.2. The zero-order chi connectivity index (χ0) is 7.65. The van der Waals surface area contributed by atoms with Crippen LogP contribution in [0.3, 0.4) is 0 Å². The summed E-state index contributed by atoms with van der Waals surface area (Å²) in [6.07, 6.45) is -4.62. The van der Waals surface area contributed by atoms with Crippen LogP contribution < -0.4 is 0 Å². The summed E-state index contributed by atoms with van der Waals surface area (Å²) >= 11 is 0. The molecule has 0 bridgehead atoms. The van der Waals surface area contributed by atoms with Crippen molar-refractivity contribution in [3.05, 3.63) is 0 Å². The largest absolute Gasteiger partial charge is 0.481 e. The molecule has 0 aliphatic heterocycles. The molecule has 0 radical (unpaired) electrons. The van der Waals surface area contributed by atoms with E-state index in [1.807, 2.05) is 0 Å². The quantitative estimate of drug-likeness (QED) is 0.598. The summed E-state index contributed by atoms with van der Waals surface area (Å²) in [4.78, 5) is 9.63. The van der Waals surface area contributed by atoms with Crippen LogP contribution in [0.1, 0.15) is 6.92 Å². The van der Waals surface area contributed by atoms with Crippen molar-refractivity contribution in [2.24, 2.45) is 5.92 Å². The molecule has 1 N–H and O–H groups in total. The van der Waals surface area contributed by atoms with Crippen molar-refractivity contribution < 1.29 is 23.1 Å². The highest BCUT2D eigenvalue weighted by Crippen LogP contribution is 2.25. The third-order valence-electron chi connectivity index (χ3n) is 0.861. The normalized spacial score (nSPS) is 15.1. The van der Waals surface area contributed by atoms with Crippen LogP contribution in [0.4, 0.5) is 13.2 Å². The Morgan fingerprint density at radius 1 is 1.56 bits per heavy atom. The van der Waals surface area contributed by atoms with Gasteiger partial charge in [0, 0.05) is 0 Å². The first kappa shape index (κ1) is 8.26. The van der Waals surface area contributed by atoms with E-state index in [0.717, 1.165) is 0 Å². The average Bonchev–Trinajstić information content (AvgIpc) is 1.62. The van der Waals surface area contributed by atoms with E-state index in [2.05, 4.69) is 0 Å². The number of alkyl halides is 3. The molecule has 0 fully saturated rings. The van der Waals surface area contributed by atoms with E-state index < -0.39 is 18.1 Å². The highest BCUT2D eigenvalue weighted by Gasteiger charge is 2.41. The van der Waals surface area contributed by atoms with Crippen molar-refractivity contribution in [1.82, 2.24) is 0 Å². The Morgan fingerprint density at radius 2 is 1.89 bits per heavy atom. The summed E-state index contributed by atoms with van der Waals surface area (Å²) in [5, 5.41) is 7.80. The van der Waals surface area contributed by atoms with Gasteiger partial charge in [-0.05, 0) is 6.92 Å². The zero-order valence-corrected chi connectivity index (χ0v) is 4.57. The van der Waals surface area contributed by atoms with Gasteiger partial charge in [-0.2, -0.15) is 13.2 Å². The minimum absolute atomic E-state index is 0.600. The number of carbonyl (C=O) groups is 1. The molecule has 54 valence electrons. The molecule has 0 aliphatic carbocycles. The van der Waals surface area contributed by atoms with Gasteiger partial charge in [0.25, 0.3) is 0 Å². The Kier molecular flexibility index (Phi) is 2.06. The van der Waals surface area contributed by atoms with Crippen LogP contribution >= 0.6 is 0 Å². The van der Waals surface area contributed by atoms with Crippen molar-refractivity contribution in [2.45, 2.75) is 13.1 Å². The van der Waals surface area contributed by atoms with Crippen LogP contribution in [-0.2, 0) is 4.79 Å². The fourth-order valence-electron chi connectivity index (χ4n) is 0.140. The topological polar surface area (TPSA) is 37.3 Å². The molecule has 1 unspecified atom stereocenters. The van der Waals surface area contributed by atoms with Gasteiger partial charge in [0.2, 0.25) is 0 Å². The molecule has 9 heavy (non-hydrogen) atoms. The van der Waals surface area contributed by atoms with E-state index in [1.54, 1.807) is 0 Å². The number of carboxylic acid groups (broad SMARTS) is 1. The molecule has 0 amide bonds. The number of hydrogen-bond donors (Lipinski definition) is 1. The highest BCUT2D eigenvalue weighted by molar-refractivity contribution is 5.70. The molecular weight excluding hydrogens is 137 g/mol. The maximum atomic E-state index is 11.3. The summed E-state index contributed by atoms with van der Waals surface area (Å²) in [6, 6.07) is 0. The van der Waals surface area contributed by atoms with Crippen LogP contribution in [0.15, 0.2) is 0 Å². The number of rotatable bonds is 1. The van der Waals surface area contributed by atoms with Gasteiger partial charge >= 0.3 is 12.1 Å². The number of carboxylic acids is 1. The number of hydrogen-bond acceptors (Lipinski definition) is 1. The van der Waals surface area contributed by atoms with E-state index >= 15 is 0 Å². The first-order valence-corrected chi connectivity index (χ1v) is 2.15. The Morgan fingerprint density at radius 3 is 1.89 bits per heavy atom. The van der Waals surface area contributed by atoms with Crippen molar-refractivity contribution in [1.29, 1.82) is 0 Å². The summed E-state index contributed by atoms with van der Waals surface area (Å²) in [7, 11) is 0. The van der Waals surface area contributed by atoms with E-state index in [-0.39, 0.29) is 0 Å². The maximum absolute atomic E-state index is 11.3. The molecule has 0 saturated carbocycles. The Balaban J connectivity index is 4.04. The molecule has 0 aromatic rings. The van der Waals surface area contributed by atoms with Crippen LogP contribution in [0.5, 0.6) is 0 Å². The molecule has 1 atom stereocenters. The molecule has 0 aliphatic rings. The van der Waals surface area contributed by atoms with Gasteiger partial charge in [-0.3, -0.25) is 4.79 Å². The van der Waals surface area contributed by atoms with Crippen molar-refractivity contribution in [3.8, 4) is 0 Å². The molecular formula is C4H5F3O2. The standard InChI is InChI=1S/C4H5F3O2/c1-2(3(8)9)4(5,6)7/h2H,1H3,(H,8,9). The number of aliphatic carboxylic acids is 1. The SMILES string of the molecule is CC(C(=O)O)C(F)(F)F. The summed E-state index contributed by atoms with van der Waals surface area (Å²) < 4.78 is 34.0. The Labute approximate surface area is 49.3 Å². The van der Waals surface area contributed by atoms with Gasteiger partial charge in [-0.25, -0.2) is 0 Å². The van der Waals surface area contributed by atoms with Gasteiger partial charge in [-0.1, -0.05) is 0 Å². The molecule has 2 nitrogen and oxygen atoms in total. The minimum Gasteiger partial charge on any atom is -0.481 e. The van der Waals surface area contributed by atoms with Crippen molar-refractivity contribution >= 4 is 5.97 Å². The van der Waals surface area contributed by atoms with E-state index in [1.165, 1.54) is 0 Å². The van der Waals surface area contributed by atoms with Crippen LogP contribution in [0.2, 0.25) is 0 Å². The molecule has 0 aromatic heterocycles. The lowest BCUT2D eigenvalue weighted by molar-refractivity contribution is -0.189. The molecule has 0 aromatic carbocycles. The third kappa shape index (κ3) is 2.34. The van der Waals surface area contributed by atoms with Crippen LogP contribution in [-0.4, -0.2) is 17.3 Å². The first-order chi connectivity index (χ1) is 3.85. The van der Waals surface area contributed by atoms with Crippen LogP contribution in [0.25, 0.3) is 0 Å². The molecule has 0 spiro atoms. The van der Waals surface area contributed by atoms with E-state index in [9.17, 15) is 18.0 Å². The van der Waals surface area contributed by atoms with Gasteiger partial charge in [0.15, 0.2) is 0 Å². The van der Waals surface area contributed by atoms with Gasteiger partial charge in [0.05, 0.1) is 0 Å². The van der Waals surface area contributed by atoms with Gasteiger partial charge in [-0.15, -0.1) is 0 Å². The van der Waals surface area contributed by atoms with E-state index in [4.69, 9.17) is 5.11 Å². The summed E-state index contributed by atoms with van der Waals surface area (Å²) in [5.41, 5.74) is 0. The van der Waals surface area contributed by atoms with Gasteiger partial charge in [0.1, 0.15) is 5.92 Å². The predicted octanol–water partition coefficient (Wildman–Crippen LogP) is 1.27. The third-order valence-corrected chi connectivity index (χ3v) is 0.861. The van der Waals surface area contributed by atoms with Crippen LogP contribution in [0, 0.1) is 5.92 Å². The van der Waals surface area contributed by atoms with E-state index in [0.29, 0.717) is 6.92 Å². The van der Waals surface area contributed by atoms with Gasteiger partial charge < -0.3 is 5.11 Å². The van der Waals surface area contributed by atoms with Crippen molar-refractivity contribution in [3.63, 3.8) is 0 Å². The predicted molar refractivity (Wildman–Crippen MR) is 22.9 cm³/mol. The molecule has 0 rings (SSSR count). The van der Waals surface area contributed by atoms with Crippen molar-refractivity contribution in [2.75, 3.05) is 0 Å². The Hall–Kier alpha value is -0.740. The summed E-state index contributed by atoms with van der Waals surface area (Å²) in [5.74, 6) is -4.11. The molecule has 0 heterocycles. The number of halogens is 3. The lowest BCUT2D eigenvalue weighted by Gasteiger charge is -2.09. The lowest BCUT2D eigenvalue weighted by Crippen LogP contribution is -2.27. The fourth-order valence-corrected chi connectivity index (χ4v) is 0.140. The monoisotopic (exact) mass is 142 g/mol. The fraction of sp³-hybridized carbons (Fsp3) is 0.750. The zero-order valence-electron chi connectivity index (χ0n) is 4.57. The first-order valence-electron chi connectivity index (χ1n) is 2.15.